The van der Waals surface area contributed by atoms with E-state index >= 15 is 0 Å². The molecule has 0 atom stereocenters. The maximum atomic E-state index is 13.1. The smallest absolute Gasteiger partial charge is 0.339 e. The molecule has 0 N–H and O–H groups in total. The second-order valence-corrected chi connectivity index (χ2v) is 8.19. The number of carbonyl (C=O) groups excluding carboxylic acids is 2. The molecule has 0 aliphatic carbocycles. The molecule has 0 saturated carbocycles. The molecule has 0 bridgehead atoms. The summed E-state index contributed by atoms with van der Waals surface area (Å²) in [5.41, 5.74) is 2.13. The van der Waals surface area contributed by atoms with Gasteiger partial charge in [-0.2, -0.15) is 0 Å². The molecule has 0 aliphatic heterocycles. The number of esters is 2. The van der Waals surface area contributed by atoms with Gasteiger partial charge in [0.1, 0.15) is 0 Å². The van der Waals surface area contributed by atoms with Gasteiger partial charge in [0.15, 0.2) is 0 Å². The normalized spacial score (nSPS) is 10.7. The first-order valence-corrected chi connectivity index (χ1v) is 12.2. The maximum absolute atomic E-state index is 13.1. The molecule has 174 valence electrons. The predicted octanol–water partition coefficient (Wildman–Crippen LogP) is 7.61. The van der Waals surface area contributed by atoms with Gasteiger partial charge in [-0.1, -0.05) is 108 Å². The number of rotatable bonds is 15. The van der Waals surface area contributed by atoms with Crippen molar-refractivity contribution in [1.29, 1.82) is 0 Å². The van der Waals surface area contributed by atoms with Crippen molar-refractivity contribution in [3.05, 3.63) is 59.7 Å². The Hall–Kier alpha value is -2.62. The van der Waals surface area contributed by atoms with Crippen LogP contribution in [0.5, 0.6) is 0 Å². The molecule has 0 saturated heterocycles. The number of ether oxygens (including phenoxy) is 2. The van der Waals surface area contributed by atoms with Crippen molar-refractivity contribution < 1.29 is 19.1 Å². The number of benzene rings is 2. The van der Waals surface area contributed by atoms with Crippen molar-refractivity contribution in [3.63, 3.8) is 0 Å². The van der Waals surface area contributed by atoms with Crippen LogP contribution in [-0.4, -0.2) is 25.2 Å². The molecule has 2 aromatic rings. The molecule has 2 rings (SSSR count). The molecule has 0 spiro atoms. The Bertz CT molecular complexity index is 813. The molecular formula is C28H38O4. The van der Waals surface area contributed by atoms with Gasteiger partial charge < -0.3 is 9.47 Å². The molecule has 0 radical (unpaired) electrons. The molecule has 0 unspecified atom stereocenters. The van der Waals surface area contributed by atoms with Gasteiger partial charge in [0.05, 0.1) is 24.3 Å². The Morgan fingerprint density at radius 2 is 1.19 bits per heavy atom. The van der Waals surface area contributed by atoms with E-state index in [4.69, 9.17) is 9.47 Å². The summed E-state index contributed by atoms with van der Waals surface area (Å²) in [6.07, 6.45) is 10.8. The van der Waals surface area contributed by atoms with Gasteiger partial charge in [0.2, 0.25) is 0 Å². The van der Waals surface area contributed by atoms with Crippen LogP contribution in [0, 0.1) is 0 Å². The van der Waals surface area contributed by atoms with E-state index < -0.39 is 11.9 Å². The van der Waals surface area contributed by atoms with E-state index in [0.717, 1.165) is 44.1 Å². The van der Waals surface area contributed by atoms with Gasteiger partial charge in [-0.3, -0.25) is 0 Å². The van der Waals surface area contributed by atoms with E-state index in [-0.39, 0.29) is 5.56 Å². The summed E-state index contributed by atoms with van der Waals surface area (Å²) < 4.78 is 11.1. The van der Waals surface area contributed by atoms with Crippen molar-refractivity contribution >= 4 is 11.9 Å². The molecule has 32 heavy (non-hydrogen) atoms. The molecule has 0 aliphatic rings. The Balaban J connectivity index is 2.12. The van der Waals surface area contributed by atoms with Crippen LogP contribution in [-0.2, 0) is 9.47 Å². The topological polar surface area (TPSA) is 52.6 Å². The zero-order valence-corrected chi connectivity index (χ0v) is 19.7. The Labute approximate surface area is 193 Å². The van der Waals surface area contributed by atoms with Gasteiger partial charge in [-0.15, -0.1) is 0 Å². The quantitative estimate of drug-likeness (QED) is 0.212. The number of carbonyl (C=O) groups is 2. The maximum Gasteiger partial charge on any atom is 0.339 e. The summed E-state index contributed by atoms with van der Waals surface area (Å²) in [7, 11) is 0. The lowest BCUT2D eigenvalue weighted by molar-refractivity contribution is 0.0451. The van der Waals surface area contributed by atoms with Crippen molar-refractivity contribution in [2.75, 3.05) is 13.2 Å². The minimum atomic E-state index is -0.465. The fourth-order valence-corrected chi connectivity index (χ4v) is 3.69. The van der Waals surface area contributed by atoms with Gasteiger partial charge in [-0.05, 0) is 30.0 Å². The third-order valence-electron chi connectivity index (χ3n) is 5.54. The summed E-state index contributed by atoms with van der Waals surface area (Å²) >= 11 is 0. The van der Waals surface area contributed by atoms with Crippen LogP contribution in [0.15, 0.2) is 48.5 Å². The highest BCUT2D eigenvalue weighted by molar-refractivity contribution is 6.07. The van der Waals surface area contributed by atoms with Crippen molar-refractivity contribution in [3.8, 4) is 11.1 Å². The zero-order chi connectivity index (χ0) is 23.0. The lowest BCUT2D eigenvalue weighted by atomic mass is 9.95. The average Bonchev–Trinajstić information content (AvgIpc) is 2.83. The second kappa shape index (κ2) is 15.2. The first kappa shape index (κ1) is 25.6. The van der Waals surface area contributed by atoms with Crippen molar-refractivity contribution in [1.82, 2.24) is 0 Å². The van der Waals surface area contributed by atoms with E-state index in [1.54, 1.807) is 12.1 Å². The first-order valence-electron chi connectivity index (χ1n) is 12.2. The van der Waals surface area contributed by atoms with E-state index in [1.807, 2.05) is 36.4 Å². The molecule has 0 amide bonds. The summed E-state index contributed by atoms with van der Waals surface area (Å²) in [6.45, 7) is 5.07. The highest BCUT2D eigenvalue weighted by Crippen LogP contribution is 2.28. The van der Waals surface area contributed by atoms with Crippen molar-refractivity contribution in [2.45, 2.75) is 78.1 Å². The zero-order valence-electron chi connectivity index (χ0n) is 19.7. The molecule has 4 heteroatoms. The molecule has 0 aromatic heterocycles. The Kier molecular flexibility index (Phi) is 12.2. The molecule has 4 nitrogen and oxygen atoms in total. The van der Waals surface area contributed by atoms with Crippen LogP contribution in [0.25, 0.3) is 11.1 Å². The van der Waals surface area contributed by atoms with Crippen LogP contribution in [0.2, 0.25) is 0 Å². The Morgan fingerprint density at radius 3 is 1.78 bits per heavy atom. The van der Waals surface area contributed by atoms with Crippen LogP contribution in [0.4, 0.5) is 0 Å². The van der Waals surface area contributed by atoms with Crippen LogP contribution in [0.3, 0.4) is 0 Å². The molecule has 0 fully saturated rings. The third-order valence-corrected chi connectivity index (χ3v) is 5.54. The van der Waals surface area contributed by atoms with Crippen molar-refractivity contribution in [2.24, 2.45) is 0 Å². The first-order chi connectivity index (χ1) is 15.7. The second-order valence-electron chi connectivity index (χ2n) is 8.19. The van der Waals surface area contributed by atoms with Gasteiger partial charge in [0.25, 0.3) is 0 Å². The Morgan fingerprint density at radius 1 is 0.625 bits per heavy atom. The summed E-state index contributed by atoms with van der Waals surface area (Å²) in [6, 6.07) is 14.9. The van der Waals surface area contributed by atoms with Gasteiger partial charge >= 0.3 is 11.9 Å². The van der Waals surface area contributed by atoms with Crippen LogP contribution < -0.4 is 0 Å². The lowest BCUT2D eigenvalue weighted by Gasteiger charge is -2.14. The van der Waals surface area contributed by atoms with E-state index in [2.05, 4.69) is 13.8 Å². The largest absolute Gasteiger partial charge is 0.462 e. The average molecular weight is 439 g/mol. The highest BCUT2D eigenvalue weighted by Gasteiger charge is 2.23. The number of hydrogen-bond donors (Lipinski definition) is 0. The van der Waals surface area contributed by atoms with E-state index in [1.165, 1.54) is 25.7 Å². The predicted molar refractivity (Wildman–Crippen MR) is 130 cm³/mol. The summed E-state index contributed by atoms with van der Waals surface area (Å²) in [5.74, 6) is -0.928. The fraction of sp³-hybridized carbons (Fsp3) is 0.500. The summed E-state index contributed by atoms with van der Waals surface area (Å²) in [5, 5.41) is 0. The molecular weight excluding hydrogens is 400 g/mol. The number of unbranched alkanes of at least 4 members (excludes halogenated alkanes) is 8. The SMILES string of the molecule is CCCCCCCOC(=O)c1cccc(-c2ccccc2)c1C(=O)OCCCCCCC. The fourth-order valence-electron chi connectivity index (χ4n) is 3.69. The standard InChI is InChI=1S/C28H38O4/c1-3-5-7-9-14-21-31-27(29)25-20-16-19-24(23-17-12-11-13-18-23)26(25)28(30)32-22-15-10-8-6-4-2/h11-13,16-20H,3-10,14-15,21-22H2,1-2H3. The number of hydrogen-bond acceptors (Lipinski definition) is 4. The molecule has 2 aromatic carbocycles. The highest BCUT2D eigenvalue weighted by atomic mass is 16.5. The lowest BCUT2D eigenvalue weighted by Crippen LogP contribution is -2.16. The van der Waals surface area contributed by atoms with Crippen LogP contribution >= 0.6 is 0 Å². The van der Waals surface area contributed by atoms with E-state index in [9.17, 15) is 9.59 Å². The molecule has 0 heterocycles. The van der Waals surface area contributed by atoms with E-state index in [0.29, 0.717) is 24.3 Å². The summed E-state index contributed by atoms with van der Waals surface area (Å²) in [4.78, 5) is 25.9. The van der Waals surface area contributed by atoms with Gasteiger partial charge in [-0.25, -0.2) is 9.59 Å². The third kappa shape index (κ3) is 8.49. The van der Waals surface area contributed by atoms with Gasteiger partial charge in [0, 0.05) is 0 Å². The van der Waals surface area contributed by atoms with Crippen LogP contribution in [0.1, 0.15) is 98.8 Å². The monoisotopic (exact) mass is 438 g/mol. The minimum absolute atomic E-state index is 0.274. The minimum Gasteiger partial charge on any atom is -0.462 e.